The largest absolute Gasteiger partial charge is 0.394 e. The Morgan fingerprint density at radius 1 is 0.710 bits per heavy atom. The average Bonchev–Trinajstić information content (AvgIpc) is 2.74. The Balaban J connectivity index is 1.78. The second kappa shape index (κ2) is 10.1. The van der Waals surface area contributed by atoms with Crippen LogP contribution in [-0.2, 0) is 23.7 Å². The van der Waals surface area contributed by atoms with E-state index in [1.54, 1.807) is 0 Å². The standard InChI is InChI=1S/C17H30O14/c1-4-7(20)10(23)14(31-16-11(24)8(21)5(19)3-27-16)17(28-4)30-13-9(22)6(2-18)29-15(26)12(13)25/h4-26H,2-3H2,1H3/t4-,5-,6+,7-,8-,9+,10+,11+,12+,13-,14+,15+,16+,17-/m0/s1. The molecule has 0 bridgehead atoms. The van der Waals surface area contributed by atoms with E-state index in [-0.39, 0.29) is 0 Å². The molecule has 9 N–H and O–H groups in total. The van der Waals surface area contributed by atoms with E-state index < -0.39 is 99.2 Å². The number of rotatable bonds is 5. The summed E-state index contributed by atoms with van der Waals surface area (Å²) in [6.07, 6.45) is -21.5. The summed E-state index contributed by atoms with van der Waals surface area (Å²) in [7, 11) is 0. The molecule has 0 unspecified atom stereocenters. The molecule has 0 spiro atoms. The van der Waals surface area contributed by atoms with Gasteiger partial charge in [0.05, 0.1) is 19.3 Å². The van der Waals surface area contributed by atoms with E-state index in [0.717, 1.165) is 0 Å². The lowest BCUT2D eigenvalue weighted by Crippen LogP contribution is -2.65. The summed E-state index contributed by atoms with van der Waals surface area (Å²) in [5, 5.41) is 89.8. The van der Waals surface area contributed by atoms with E-state index >= 15 is 0 Å². The van der Waals surface area contributed by atoms with Gasteiger partial charge >= 0.3 is 0 Å². The molecule has 0 aromatic rings. The van der Waals surface area contributed by atoms with Gasteiger partial charge in [-0.05, 0) is 6.92 Å². The van der Waals surface area contributed by atoms with Crippen LogP contribution in [0.3, 0.4) is 0 Å². The van der Waals surface area contributed by atoms with Gasteiger partial charge in [0, 0.05) is 0 Å². The Kier molecular flexibility index (Phi) is 8.21. The summed E-state index contributed by atoms with van der Waals surface area (Å²) in [4.78, 5) is 0. The minimum Gasteiger partial charge on any atom is -0.394 e. The van der Waals surface area contributed by atoms with Crippen molar-refractivity contribution >= 4 is 0 Å². The number of hydrogen-bond donors (Lipinski definition) is 9. The average molecular weight is 458 g/mol. The van der Waals surface area contributed by atoms with Crippen LogP contribution in [0.2, 0.25) is 0 Å². The Morgan fingerprint density at radius 2 is 1.35 bits per heavy atom. The quantitative estimate of drug-likeness (QED) is 0.187. The fourth-order valence-corrected chi connectivity index (χ4v) is 3.69. The van der Waals surface area contributed by atoms with Crippen molar-refractivity contribution < 1.29 is 69.6 Å². The summed E-state index contributed by atoms with van der Waals surface area (Å²) >= 11 is 0. The Hall–Kier alpha value is -0.560. The third-order valence-corrected chi connectivity index (χ3v) is 5.66. The third-order valence-electron chi connectivity index (χ3n) is 5.66. The molecule has 31 heavy (non-hydrogen) atoms. The first-order valence-corrected chi connectivity index (χ1v) is 9.85. The Morgan fingerprint density at radius 3 is 2.00 bits per heavy atom. The zero-order chi connectivity index (χ0) is 23.0. The lowest BCUT2D eigenvalue weighted by Gasteiger charge is -2.47. The lowest BCUT2D eigenvalue weighted by molar-refractivity contribution is -0.379. The van der Waals surface area contributed by atoms with Crippen LogP contribution in [0.15, 0.2) is 0 Å². The summed E-state index contributed by atoms with van der Waals surface area (Å²) in [6, 6.07) is 0. The predicted molar refractivity (Wildman–Crippen MR) is 93.8 cm³/mol. The highest BCUT2D eigenvalue weighted by Crippen LogP contribution is 2.31. The van der Waals surface area contributed by atoms with Crippen molar-refractivity contribution in [2.75, 3.05) is 13.2 Å². The van der Waals surface area contributed by atoms with Crippen molar-refractivity contribution in [2.24, 2.45) is 0 Å². The molecule has 3 rings (SSSR count). The zero-order valence-electron chi connectivity index (χ0n) is 16.6. The van der Waals surface area contributed by atoms with Gasteiger partial charge in [-0.2, -0.15) is 0 Å². The van der Waals surface area contributed by atoms with Gasteiger partial charge in [0.15, 0.2) is 18.9 Å². The molecular formula is C17H30O14. The molecule has 3 fully saturated rings. The lowest BCUT2D eigenvalue weighted by atomic mass is 9.97. The second-order valence-electron chi connectivity index (χ2n) is 7.87. The van der Waals surface area contributed by atoms with Crippen molar-refractivity contribution in [3.63, 3.8) is 0 Å². The maximum atomic E-state index is 10.5. The van der Waals surface area contributed by atoms with Gasteiger partial charge in [0.2, 0.25) is 0 Å². The highest BCUT2D eigenvalue weighted by Gasteiger charge is 2.52. The molecule has 14 atom stereocenters. The Labute approximate surface area is 176 Å². The van der Waals surface area contributed by atoms with E-state index in [1.165, 1.54) is 6.92 Å². The van der Waals surface area contributed by atoms with Crippen LogP contribution in [0, 0.1) is 0 Å². The van der Waals surface area contributed by atoms with E-state index in [2.05, 4.69) is 0 Å². The fourth-order valence-electron chi connectivity index (χ4n) is 3.69. The first-order chi connectivity index (χ1) is 14.6. The number of ether oxygens (including phenoxy) is 5. The van der Waals surface area contributed by atoms with Crippen LogP contribution < -0.4 is 0 Å². The minimum atomic E-state index is -1.80. The second-order valence-corrected chi connectivity index (χ2v) is 7.87. The smallest absolute Gasteiger partial charge is 0.187 e. The molecule has 182 valence electrons. The van der Waals surface area contributed by atoms with E-state index in [9.17, 15) is 46.0 Å². The van der Waals surface area contributed by atoms with Crippen LogP contribution >= 0.6 is 0 Å². The molecule has 0 amide bonds. The number of aliphatic hydroxyl groups excluding tert-OH is 9. The SMILES string of the molecule is C[C@@H]1O[C@@H](O[C@@H]2[C@@H](O)[C@H](O)O[C@H](CO)[C@H]2O)[C@H](O[C@H]2OC[C@H](O)[C@H](O)[C@H]2O)[C@H](O)[C@H]1O. The molecule has 0 aromatic carbocycles. The zero-order valence-corrected chi connectivity index (χ0v) is 16.6. The molecule has 3 heterocycles. The van der Waals surface area contributed by atoms with Gasteiger partial charge in [-0.15, -0.1) is 0 Å². The molecule has 14 heteroatoms. The van der Waals surface area contributed by atoms with Gasteiger partial charge in [-0.1, -0.05) is 0 Å². The van der Waals surface area contributed by atoms with Crippen molar-refractivity contribution in [3.05, 3.63) is 0 Å². The highest BCUT2D eigenvalue weighted by molar-refractivity contribution is 4.94. The van der Waals surface area contributed by atoms with Gasteiger partial charge in [0.25, 0.3) is 0 Å². The molecular weight excluding hydrogens is 428 g/mol. The predicted octanol–water partition coefficient (Wildman–Crippen LogP) is -5.91. The molecule has 0 saturated carbocycles. The van der Waals surface area contributed by atoms with Crippen molar-refractivity contribution in [3.8, 4) is 0 Å². The van der Waals surface area contributed by atoms with Gasteiger partial charge in [0.1, 0.15) is 61.0 Å². The molecule has 0 aliphatic carbocycles. The van der Waals surface area contributed by atoms with Crippen molar-refractivity contribution in [1.29, 1.82) is 0 Å². The minimum absolute atomic E-state index is 0.390. The van der Waals surface area contributed by atoms with Crippen LogP contribution in [0.1, 0.15) is 6.92 Å². The molecule has 0 aromatic heterocycles. The number of hydrogen-bond acceptors (Lipinski definition) is 14. The van der Waals surface area contributed by atoms with Gasteiger partial charge in [-0.25, -0.2) is 0 Å². The first-order valence-electron chi connectivity index (χ1n) is 9.85. The van der Waals surface area contributed by atoms with E-state index in [1.807, 2.05) is 0 Å². The summed E-state index contributed by atoms with van der Waals surface area (Å²) in [5.41, 5.74) is 0. The van der Waals surface area contributed by atoms with Crippen molar-refractivity contribution in [1.82, 2.24) is 0 Å². The Bertz CT molecular complexity index is 581. The van der Waals surface area contributed by atoms with Crippen LogP contribution in [0.5, 0.6) is 0 Å². The third kappa shape index (κ3) is 5.02. The molecule has 3 aliphatic heterocycles. The first kappa shape index (κ1) is 25.1. The van der Waals surface area contributed by atoms with E-state index in [4.69, 9.17) is 23.7 Å². The molecule has 14 nitrogen and oxygen atoms in total. The van der Waals surface area contributed by atoms with Crippen LogP contribution in [-0.4, -0.2) is 145 Å². The molecule has 3 saturated heterocycles. The number of aliphatic hydroxyl groups is 9. The molecule has 3 aliphatic rings. The fraction of sp³-hybridized carbons (Fsp3) is 1.00. The summed E-state index contributed by atoms with van der Waals surface area (Å²) in [6.45, 7) is 0.323. The maximum Gasteiger partial charge on any atom is 0.187 e. The maximum absolute atomic E-state index is 10.5. The van der Waals surface area contributed by atoms with E-state index in [0.29, 0.717) is 0 Å². The molecule has 0 radical (unpaired) electrons. The van der Waals surface area contributed by atoms with Crippen LogP contribution in [0.4, 0.5) is 0 Å². The van der Waals surface area contributed by atoms with Crippen LogP contribution in [0.25, 0.3) is 0 Å². The topological polar surface area (TPSA) is 228 Å². The van der Waals surface area contributed by atoms with Gasteiger partial charge < -0.3 is 69.6 Å². The normalized spacial score (nSPS) is 54.0. The van der Waals surface area contributed by atoms with Crippen molar-refractivity contribution in [2.45, 2.75) is 92.9 Å². The highest BCUT2D eigenvalue weighted by atomic mass is 16.8. The monoisotopic (exact) mass is 458 g/mol. The van der Waals surface area contributed by atoms with Gasteiger partial charge in [-0.3, -0.25) is 0 Å². The summed E-state index contributed by atoms with van der Waals surface area (Å²) < 4.78 is 26.6. The summed E-state index contributed by atoms with van der Waals surface area (Å²) in [5.74, 6) is 0.